The summed E-state index contributed by atoms with van der Waals surface area (Å²) in [6, 6.07) is 0.239. The van der Waals surface area contributed by atoms with Crippen LogP contribution in [0, 0.1) is 5.92 Å². The maximum Gasteiger partial charge on any atom is 0.225 e. The van der Waals surface area contributed by atoms with Crippen molar-refractivity contribution in [3.8, 4) is 0 Å². The fourth-order valence-corrected chi connectivity index (χ4v) is 4.62. The van der Waals surface area contributed by atoms with E-state index in [0.29, 0.717) is 18.2 Å². The van der Waals surface area contributed by atoms with Crippen LogP contribution >= 0.6 is 0 Å². The first-order valence-corrected chi connectivity index (χ1v) is 11.8. The summed E-state index contributed by atoms with van der Waals surface area (Å²) in [6.45, 7) is 10.9. The summed E-state index contributed by atoms with van der Waals surface area (Å²) in [5.41, 5.74) is 0. The zero-order chi connectivity index (χ0) is 19.9. The Morgan fingerprint density at radius 3 is 2.52 bits per heavy atom. The minimum absolute atomic E-state index is 0.202. The topological polar surface area (TPSA) is 73.8 Å². The summed E-state index contributed by atoms with van der Waals surface area (Å²) < 4.78 is 12.0. The third kappa shape index (κ3) is 7.09. The summed E-state index contributed by atoms with van der Waals surface area (Å²) in [5, 5.41) is 6.73. The van der Waals surface area contributed by atoms with Crippen LogP contribution in [0.4, 0.5) is 0 Å². The van der Waals surface area contributed by atoms with Crippen molar-refractivity contribution in [2.75, 3.05) is 31.9 Å². The molecule has 0 aromatic carbocycles. The van der Waals surface area contributed by atoms with E-state index in [1.54, 1.807) is 0 Å². The predicted molar refractivity (Wildman–Crippen MR) is 113 cm³/mol. The number of carbonyl (C=O) groups excluding carboxylic acids is 1. The van der Waals surface area contributed by atoms with Crippen molar-refractivity contribution in [1.29, 1.82) is 0 Å². The van der Waals surface area contributed by atoms with Crippen molar-refractivity contribution in [3.05, 3.63) is 0 Å². The molecule has 1 aliphatic heterocycles. The van der Waals surface area contributed by atoms with E-state index in [9.17, 15) is 9.00 Å². The number of carbonyl (C=O) groups is 1. The van der Waals surface area contributed by atoms with Gasteiger partial charge in [0.2, 0.25) is 5.91 Å². The molecule has 1 saturated carbocycles. The maximum absolute atomic E-state index is 12.7. The van der Waals surface area contributed by atoms with Crippen molar-refractivity contribution < 1.29 is 9.00 Å². The lowest BCUT2D eigenvalue weighted by molar-refractivity contribution is -0.135. The van der Waals surface area contributed by atoms with Crippen molar-refractivity contribution in [2.45, 2.75) is 77.0 Å². The molecule has 2 atom stereocenters. The first-order chi connectivity index (χ1) is 12.8. The molecule has 0 spiro atoms. The van der Waals surface area contributed by atoms with E-state index < -0.39 is 10.8 Å². The molecule has 1 aliphatic carbocycles. The highest BCUT2D eigenvalue weighted by Crippen LogP contribution is 2.26. The number of nitrogens with zero attached hydrogens (tertiary/aromatic N) is 2. The molecule has 0 radical (unpaired) electrons. The lowest BCUT2D eigenvalue weighted by Gasteiger charge is -2.26. The number of likely N-dealkylation sites (tertiary alicyclic amines) is 1. The van der Waals surface area contributed by atoms with Crippen LogP contribution in [0.1, 0.15) is 66.2 Å². The van der Waals surface area contributed by atoms with E-state index in [1.807, 2.05) is 32.6 Å². The highest BCUT2D eigenvalue weighted by Gasteiger charge is 2.31. The van der Waals surface area contributed by atoms with Gasteiger partial charge in [0, 0.05) is 52.9 Å². The Labute approximate surface area is 167 Å². The predicted octanol–water partition coefficient (Wildman–Crippen LogP) is 2.27. The van der Waals surface area contributed by atoms with Crippen LogP contribution in [0.5, 0.6) is 0 Å². The summed E-state index contributed by atoms with van der Waals surface area (Å²) in [6.07, 6.45) is 6.73. The second kappa shape index (κ2) is 10.4. The van der Waals surface area contributed by atoms with Gasteiger partial charge in [-0.2, -0.15) is 0 Å². The second-order valence-corrected chi connectivity index (χ2v) is 11.0. The Kier molecular flexibility index (Phi) is 8.58. The second-order valence-electron chi connectivity index (χ2n) is 8.67. The molecule has 2 N–H and O–H groups in total. The number of hydrogen-bond acceptors (Lipinski definition) is 3. The van der Waals surface area contributed by atoms with Gasteiger partial charge in [0.1, 0.15) is 0 Å². The highest BCUT2D eigenvalue weighted by atomic mass is 32.2. The van der Waals surface area contributed by atoms with Crippen LogP contribution < -0.4 is 10.6 Å². The first kappa shape index (κ1) is 22.2. The molecule has 2 fully saturated rings. The van der Waals surface area contributed by atoms with Gasteiger partial charge in [-0.3, -0.25) is 14.0 Å². The van der Waals surface area contributed by atoms with Gasteiger partial charge in [-0.05, 0) is 47.0 Å². The largest absolute Gasteiger partial charge is 0.357 e. The van der Waals surface area contributed by atoms with Gasteiger partial charge in [0.15, 0.2) is 5.96 Å². The molecule has 0 aromatic rings. The average Bonchev–Trinajstić information content (AvgIpc) is 3.09. The van der Waals surface area contributed by atoms with E-state index in [0.717, 1.165) is 44.9 Å². The minimum atomic E-state index is -0.892. The fraction of sp³-hybridized carbons (Fsp3) is 0.900. The molecule has 1 heterocycles. The molecule has 156 valence electrons. The van der Waals surface area contributed by atoms with Crippen LogP contribution in [0.15, 0.2) is 4.99 Å². The summed E-state index contributed by atoms with van der Waals surface area (Å²) >= 11 is 0. The Morgan fingerprint density at radius 2 is 1.89 bits per heavy atom. The van der Waals surface area contributed by atoms with Gasteiger partial charge in [-0.1, -0.05) is 19.3 Å². The molecule has 7 heteroatoms. The molecule has 2 unspecified atom stereocenters. The van der Waals surface area contributed by atoms with E-state index in [-0.39, 0.29) is 16.7 Å². The number of aliphatic imine (C=N–C) groups is 1. The van der Waals surface area contributed by atoms with E-state index in [1.165, 1.54) is 19.3 Å². The van der Waals surface area contributed by atoms with Crippen molar-refractivity contribution in [1.82, 2.24) is 15.5 Å². The molecule has 1 saturated heterocycles. The molecule has 0 bridgehead atoms. The maximum atomic E-state index is 12.7. The van der Waals surface area contributed by atoms with Crippen LogP contribution in [0.2, 0.25) is 0 Å². The number of amides is 1. The molecule has 27 heavy (non-hydrogen) atoms. The van der Waals surface area contributed by atoms with Crippen LogP contribution in [-0.4, -0.2) is 63.7 Å². The standard InChI is InChI=1S/C20H38N4O2S/c1-5-21-19(22-12-14-27(26)20(2,3)4)23-17-11-13-24(15-17)18(25)16-9-7-6-8-10-16/h16-17H,5-15H2,1-4H3,(H2,21,22,23). The van der Waals surface area contributed by atoms with Crippen molar-refractivity contribution in [2.24, 2.45) is 10.9 Å². The van der Waals surface area contributed by atoms with Crippen molar-refractivity contribution in [3.63, 3.8) is 0 Å². The summed E-state index contributed by atoms with van der Waals surface area (Å²) in [7, 11) is -0.892. The van der Waals surface area contributed by atoms with Crippen LogP contribution in [-0.2, 0) is 15.6 Å². The normalized spacial score (nSPS) is 23.3. The zero-order valence-corrected chi connectivity index (χ0v) is 18.4. The quantitative estimate of drug-likeness (QED) is 0.532. The van der Waals surface area contributed by atoms with E-state index >= 15 is 0 Å². The van der Waals surface area contributed by atoms with E-state index in [2.05, 4.69) is 15.6 Å². The molecular weight excluding hydrogens is 360 g/mol. The monoisotopic (exact) mass is 398 g/mol. The number of hydrogen-bond donors (Lipinski definition) is 2. The Morgan fingerprint density at radius 1 is 1.19 bits per heavy atom. The van der Waals surface area contributed by atoms with Gasteiger partial charge in [-0.15, -0.1) is 0 Å². The van der Waals surface area contributed by atoms with Gasteiger partial charge >= 0.3 is 0 Å². The SMILES string of the molecule is CCNC(=NCCS(=O)C(C)(C)C)NC1CCN(C(=O)C2CCCCC2)C1. The average molecular weight is 399 g/mol. The number of guanidine groups is 1. The molecule has 6 nitrogen and oxygen atoms in total. The molecule has 0 aromatic heterocycles. The lowest BCUT2D eigenvalue weighted by Crippen LogP contribution is -2.45. The number of nitrogens with one attached hydrogen (secondary N) is 2. The van der Waals surface area contributed by atoms with Gasteiger partial charge in [0.25, 0.3) is 0 Å². The first-order valence-electron chi connectivity index (χ1n) is 10.5. The van der Waals surface area contributed by atoms with E-state index in [4.69, 9.17) is 0 Å². The third-order valence-corrected chi connectivity index (χ3v) is 7.29. The number of rotatable bonds is 6. The molecule has 1 amide bonds. The fourth-order valence-electron chi connectivity index (χ4n) is 3.75. The van der Waals surface area contributed by atoms with Gasteiger partial charge < -0.3 is 15.5 Å². The Hall–Kier alpha value is -1.11. The summed E-state index contributed by atoms with van der Waals surface area (Å²) in [4.78, 5) is 19.3. The minimum Gasteiger partial charge on any atom is -0.357 e. The van der Waals surface area contributed by atoms with Crippen LogP contribution in [0.3, 0.4) is 0 Å². The summed E-state index contributed by atoms with van der Waals surface area (Å²) in [5.74, 6) is 1.92. The smallest absolute Gasteiger partial charge is 0.225 e. The molecule has 2 rings (SSSR count). The van der Waals surface area contributed by atoms with Crippen LogP contribution in [0.25, 0.3) is 0 Å². The molecular formula is C20H38N4O2S. The lowest BCUT2D eigenvalue weighted by atomic mass is 9.88. The Balaban J connectivity index is 1.82. The molecule has 2 aliphatic rings. The van der Waals surface area contributed by atoms with Crippen molar-refractivity contribution >= 4 is 22.7 Å². The Bertz CT molecular complexity index is 539. The van der Waals surface area contributed by atoms with Gasteiger partial charge in [-0.25, -0.2) is 0 Å². The zero-order valence-electron chi connectivity index (χ0n) is 17.6. The third-order valence-electron chi connectivity index (χ3n) is 5.37. The van der Waals surface area contributed by atoms with Gasteiger partial charge in [0.05, 0.1) is 6.54 Å². The highest BCUT2D eigenvalue weighted by molar-refractivity contribution is 7.86.